The molecule has 1 N–H and O–H groups in total. The largest absolute Gasteiger partial charge is 0.466 e. The second kappa shape index (κ2) is 7.78. The van der Waals surface area contributed by atoms with Crippen molar-refractivity contribution in [1.29, 1.82) is 0 Å². The molecule has 6 heteroatoms. The first kappa shape index (κ1) is 15.5. The van der Waals surface area contributed by atoms with E-state index < -0.39 is 17.5 Å². The topological polar surface area (TPSA) is 38.3 Å². The molecule has 0 aliphatic heterocycles. The van der Waals surface area contributed by atoms with Crippen molar-refractivity contribution in [2.45, 2.75) is 26.3 Å². The second-order valence-corrected chi connectivity index (χ2v) is 3.96. The number of halogens is 3. The summed E-state index contributed by atoms with van der Waals surface area (Å²) in [5.74, 6) is -4.15. The minimum Gasteiger partial charge on any atom is -0.466 e. The maximum Gasteiger partial charge on any atom is 0.305 e. The Hall–Kier alpha value is -1.56. The van der Waals surface area contributed by atoms with Gasteiger partial charge in [0, 0.05) is 13.0 Å². The van der Waals surface area contributed by atoms with Crippen LogP contribution >= 0.6 is 0 Å². The van der Waals surface area contributed by atoms with E-state index in [1.165, 1.54) is 0 Å². The molecule has 1 rings (SSSR count). The van der Waals surface area contributed by atoms with Crippen LogP contribution < -0.4 is 5.32 Å². The Morgan fingerprint density at radius 1 is 1.26 bits per heavy atom. The number of rotatable bonds is 7. The van der Waals surface area contributed by atoms with Gasteiger partial charge in [0.05, 0.1) is 6.61 Å². The van der Waals surface area contributed by atoms with Gasteiger partial charge in [0.25, 0.3) is 0 Å². The highest BCUT2D eigenvalue weighted by Gasteiger charge is 2.10. The quantitative estimate of drug-likeness (QED) is 0.472. The predicted molar refractivity (Wildman–Crippen MR) is 63.9 cm³/mol. The molecule has 0 radical (unpaired) electrons. The monoisotopic (exact) mass is 275 g/mol. The van der Waals surface area contributed by atoms with Crippen LogP contribution in [0.15, 0.2) is 12.1 Å². The molecule has 0 unspecified atom stereocenters. The first-order chi connectivity index (χ1) is 9.04. The van der Waals surface area contributed by atoms with Crippen molar-refractivity contribution >= 4 is 5.97 Å². The Morgan fingerprint density at radius 2 is 1.89 bits per heavy atom. The molecule has 1 aromatic rings. The zero-order valence-electron chi connectivity index (χ0n) is 10.6. The van der Waals surface area contributed by atoms with Crippen molar-refractivity contribution in [3.8, 4) is 0 Å². The van der Waals surface area contributed by atoms with Gasteiger partial charge in [-0.2, -0.15) is 0 Å². The van der Waals surface area contributed by atoms with Crippen LogP contribution in [0, 0.1) is 17.5 Å². The Morgan fingerprint density at radius 3 is 2.47 bits per heavy atom. The van der Waals surface area contributed by atoms with E-state index in [0.29, 0.717) is 25.1 Å². The summed E-state index contributed by atoms with van der Waals surface area (Å²) < 4.78 is 43.2. The highest BCUT2D eigenvalue weighted by Crippen LogP contribution is 2.13. The zero-order valence-corrected chi connectivity index (χ0v) is 10.6. The van der Waals surface area contributed by atoms with Gasteiger partial charge in [0.15, 0.2) is 17.5 Å². The minimum absolute atomic E-state index is 0.205. The SMILES string of the molecule is CCOC(=O)CCCNCc1cc(F)c(F)c(F)c1. The summed E-state index contributed by atoms with van der Waals surface area (Å²) in [7, 11) is 0. The Labute approximate surface area is 109 Å². The van der Waals surface area contributed by atoms with E-state index in [-0.39, 0.29) is 18.9 Å². The molecule has 0 saturated heterocycles. The van der Waals surface area contributed by atoms with E-state index >= 15 is 0 Å². The van der Waals surface area contributed by atoms with Crippen LogP contribution in [0.3, 0.4) is 0 Å². The van der Waals surface area contributed by atoms with Crippen molar-refractivity contribution in [1.82, 2.24) is 5.32 Å². The fourth-order valence-electron chi connectivity index (χ4n) is 1.53. The van der Waals surface area contributed by atoms with Crippen molar-refractivity contribution in [2.24, 2.45) is 0 Å². The Balaban J connectivity index is 2.28. The molecule has 0 heterocycles. The second-order valence-electron chi connectivity index (χ2n) is 3.96. The van der Waals surface area contributed by atoms with Gasteiger partial charge in [-0.15, -0.1) is 0 Å². The third-order valence-corrected chi connectivity index (χ3v) is 2.41. The average Bonchev–Trinajstić information content (AvgIpc) is 2.35. The average molecular weight is 275 g/mol. The van der Waals surface area contributed by atoms with Crippen LogP contribution in [0.4, 0.5) is 13.2 Å². The summed E-state index contributed by atoms with van der Waals surface area (Å²) in [5.41, 5.74) is 0.313. The Kier molecular flexibility index (Phi) is 6.35. The van der Waals surface area contributed by atoms with Crippen LogP contribution in [0.25, 0.3) is 0 Å². The summed E-state index contributed by atoms with van der Waals surface area (Å²) in [6.07, 6.45) is 0.845. The van der Waals surface area contributed by atoms with E-state index in [0.717, 1.165) is 12.1 Å². The first-order valence-corrected chi connectivity index (χ1v) is 6.04. The van der Waals surface area contributed by atoms with Gasteiger partial charge in [0.2, 0.25) is 0 Å². The molecule has 0 fully saturated rings. The van der Waals surface area contributed by atoms with Gasteiger partial charge in [-0.3, -0.25) is 4.79 Å². The van der Waals surface area contributed by atoms with Crippen molar-refractivity contribution < 1.29 is 22.7 Å². The number of carbonyl (C=O) groups excluding carboxylic acids is 1. The van der Waals surface area contributed by atoms with Crippen molar-refractivity contribution in [3.05, 3.63) is 35.1 Å². The molecular weight excluding hydrogens is 259 g/mol. The van der Waals surface area contributed by atoms with Gasteiger partial charge in [-0.1, -0.05) is 0 Å². The molecule has 3 nitrogen and oxygen atoms in total. The number of hydrogen-bond acceptors (Lipinski definition) is 3. The molecule has 0 bridgehead atoms. The lowest BCUT2D eigenvalue weighted by Gasteiger charge is -2.06. The summed E-state index contributed by atoms with van der Waals surface area (Å²) >= 11 is 0. The molecule has 0 amide bonds. The number of carbonyl (C=O) groups is 1. The third-order valence-electron chi connectivity index (χ3n) is 2.41. The summed E-state index contributed by atoms with van der Waals surface area (Å²) in [5, 5.41) is 2.91. The van der Waals surface area contributed by atoms with Crippen LogP contribution in [-0.2, 0) is 16.1 Å². The lowest BCUT2D eigenvalue weighted by Crippen LogP contribution is -2.17. The molecule has 0 spiro atoms. The van der Waals surface area contributed by atoms with Gasteiger partial charge < -0.3 is 10.1 Å². The predicted octanol–water partition coefficient (Wildman–Crippen LogP) is 2.54. The maximum atomic E-state index is 12.9. The molecule has 0 aliphatic carbocycles. The normalized spacial score (nSPS) is 10.5. The highest BCUT2D eigenvalue weighted by molar-refractivity contribution is 5.69. The van der Waals surface area contributed by atoms with Gasteiger partial charge in [-0.05, 0) is 37.6 Å². The first-order valence-electron chi connectivity index (χ1n) is 6.04. The Bertz CT molecular complexity index is 415. The molecule has 0 aliphatic rings. The number of esters is 1. The molecule has 0 atom stereocenters. The molecule has 0 saturated carbocycles. The van der Waals surface area contributed by atoms with E-state index in [9.17, 15) is 18.0 Å². The van der Waals surface area contributed by atoms with Crippen molar-refractivity contribution in [3.63, 3.8) is 0 Å². The zero-order chi connectivity index (χ0) is 14.3. The van der Waals surface area contributed by atoms with E-state index in [1.54, 1.807) is 6.92 Å². The number of benzene rings is 1. The molecule has 19 heavy (non-hydrogen) atoms. The van der Waals surface area contributed by atoms with Crippen LogP contribution in [0.2, 0.25) is 0 Å². The number of hydrogen-bond donors (Lipinski definition) is 1. The van der Waals surface area contributed by atoms with Gasteiger partial charge >= 0.3 is 5.97 Å². The van der Waals surface area contributed by atoms with Crippen LogP contribution in [0.5, 0.6) is 0 Å². The molecule has 1 aromatic carbocycles. The van der Waals surface area contributed by atoms with E-state index in [4.69, 9.17) is 4.74 Å². The third kappa shape index (κ3) is 5.30. The van der Waals surface area contributed by atoms with Crippen LogP contribution in [-0.4, -0.2) is 19.1 Å². The minimum atomic E-state index is -1.47. The highest BCUT2D eigenvalue weighted by atomic mass is 19.2. The van der Waals surface area contributed by atoms with Crippen molar-refractivity contribution in [2.75, 3.05) is 13.2 Å². The molecular formula is C13H16F3NO2. The van der Waals surface area contributed by atoms with Crippen LogP contribution in [0.1, 0.15) is 25.3 Å². The molecule has 106 valence electrons. The van der Waals surface area contributed by atoms with Gasteiger partial charge in [-0.25, -0.2) is 13.2 Å². The molecule has 0 aromatic heterocycles. The van der Waals surface area contributed by atoms with E-state index in [1.807, 2.05) is 0 Å². The summed E-state index contributed by atoms with van der Waals surface area (Å²) in [6, 6.07) is 1.88. The smallest absolute Gasteiger partial charge is 0.305 e. The summed E-state index contributed by atoms with van der Waals surface area (Å²) in [6.45, 7) is 2.78. The fourth-order valence-corrected chi connectivity index (χ4v) is 1.53. The maximum absolute atomic E-state index is 12.9. The number of ether oxygens (including phenoxy) is 1. The fraction of sp³-hybridized carbons (Fsp3) is 0.462. The van der Waals surface area contributed by atoms with E-state index in [2.05, 4.69) is 5.32 Å². The number of nitrogens with one attached hydrogen (secondary N) is 1. The van der Waals surface area contributed by atoms with Gasteiger partial charge in [0.1, 0.15) is 0 Å². The standard InChI is InChI=1S/C13H16F3NO2/c1-2-19-12(18)4-3-5-17-8-9-6-10(14)13(16)11(15)7-9/h6-7,17H,2-5,8H2,1H3. The lowest BCUT2D eigenvalue weighted by atomic mass is 10.2. The summed E-state index contributed by atoms with van der Waals surface area (Å²) in [4.78, 5) is 11.0. The lowest BCUT2D eigenvalue weighted by molar-refractivity contribution is -0.143.